The highest BCUT2D eigenvalue weighted by Crippen LogP contribution is 1.99. The molecule has 0 rings (SSSR count). The number of hydrogen-bond acceptors (Lipinski definition) is 2. The third-order valence-corrected chi connectivity index (χ3v) is 1.72. The normalized spacial score (nSPS) is 12.6. The molecule has 0 fully saturated rings. The van der Waals surface area contributed by atoms with Crippen LogP contribution in [-0.2, 0) is 9.59 Å². The first kappa shape index (κ1) is 11.9. The Hall–Kier alpha value is -1.06. The Balaban J connectivity index is 4.10. The van der Waals surface area contributed by atoms with Gasteiger partial charge in [0.2, 0.25) is 5.91 Å². The average molecular weight is 187 g/mol. The second-order valence-corrected chi connectivity index (χ2v) is 3.34. The van der Waals surface area contributed by atoms with E-state index < -0.39 is 12.0 Å². The van der Waals surface area contributed by atoms with Gasteiger partial charge < -0.3 is 10.4 Å². The third-order valence-electron chi connectivity index (χ3n) is 1.72. The quantitative estimate of drug-likeness (QED) is 0.675. The van der Waals surface area contributed by atoms with Gasteiger partial charge in [0.15, 0.2) is 0 Å². The molecule has 76 valence electrons. The number of carbonyl (C=O) groups is 2. The summed E-state index contributed by atoms with van der Waals surface area (Å²) in [5.74, 6) is -1.34. The summed E-state index contributed by atoms with van der Waals surface area (Å²) in [4.78, 5) is 21.8. The Morgan fingerprint density at radius 1 is 1.38 bits per heavy atom. The fourth-order valence-corrected chi connectivity index (χ4v) is 0.884. The monoisotopic (exact) mass is 187 g/mol. The van der Waals surface area contributed by atoms with Gasteiger partial charge in [0, 0.05) is 5.92 Å². The Morgan fingerprint density at radius 2 is 1.92 bits per heavy atom. The van der Waals surface area contributed by atoms with Crippen molar-refractivity contribution in [3.05, 3.63) is 0 Å². The highest BCUT2D eigenvalue weighted by molar-refractivity contribution is 5.84. The molecule has 0 aliphatic carbocycles. The summed E-state index contributed by atoms with van der Waals surface area (Å²) >= 11 is 0. The van der Waals surface area contributed by atoms with Crippen LogP contribution in [0.4, 0.5) is 0 Å². The molecule has 0 aromatic heterocycles. The van der Waals surface area contributed by atoms with Crippen LogP contribution in [0.15, 0.2) is 0 Å². The fourth-order valence-electron chi connectivity index (χ4n) is 0.884. The molecule has 0 aromatic carbocycles. The van der Waals surface area contributed by atoms with Crippen molar-refractivity contribution in [2.45, 2.75) is 39.7 Å². The van der Waals surface area contributed by atoms with E-state index in [4.69, 9.17) is 5.11 Å². The standard InChI is InChI=1S/C9H17NO3/c1-4-5-7(9(12)13)10-8(11)6(2)3/h6-7H,4-5H2,1-3H3,(H,10,11)(H,12,13)/t7-/m0/s1. The number of nitrogens with one attached hydrogen (secondary N) is 1. The lowest BCUT2D eigenvalue weighted by molar-refractivity contribution is -0.142. The van der Waals surface area contributed by atoms with E-state index in [0.29, 0.717) is 6.42 Å². The molecule has 0 aliphatic heterocycles. The maximum absolute atomic E-state index is 11.2. The van der Waals surface area contributed by atoms with Crippen molar-refractivity contribution in [1.29, 1.82) is 0 Å². The predicted molar refractivity (Wildman–Crippen MR) is 49.3 cm³/mol. The first-order valence-corrected chi connectivity index (χ1v) is 4.52. The third kappa shape index (κ3) is 4.50. The van der Waals surface area contributed by atoms with Crippen LogP contribution >= 0.6 is 0 Å². The maximum Gasteiger partial charge on any atom is 0.326 e. The summed E-state index contributed by atoms with van der Waals surface area (Å²) in [7, 11) is 0. The highest BCUT2D eigenvalue weighted by atomic mass is 16.4. The van der Waals surface area contributed by atoms with Gasteiger partial charge in [-0.15, -0.1) is 0 Å². The first-order chi connectivity index (χ1) is 5.99. The maximum atomic E-state index is 11.2. The summed E-state index contributed by atoms with van der Waals surface area (Å²) < 4.78 is 0. The lowest BCUT2D eigenvalue weighted by Crippen LogP contribution is -2.42. The number of aliphatic carboxylic acids is 1. The molecular formula is C9H17NO3. The molecule has 0 heterocycles. The number of carboxylic acids is 1. The van der Waals surface area contributed by atoms with Gasteiger partial charge in [-0.25, -0.2) is 4.79 Å². The summed E-state index contributed by atoms with van der Waals surface area (Å²) in [6.07, 6.45) is 1.23. The molecule has 0 aliphatic rings. The summed E-state index contributed by atoms with van der Waals surface area (Å²) in [5.41, 5.74) is 0. The number of carboxylic acid groups (broad SMARTS) is 1. The zero-order valence-corrected chi connectivity index (χ0v) is 8.33. The van der Waals surface area contributed by atoms with Crippen molar-refractivity contribution in [2.24, 2.45) is 5.92 Å². The van der Waals surface area contributed by atoms with Gasteiger partial charge >= 0.3 is 5.97 Å². The van der Waals surface area contributed by atoms with Gasteiger partial charge in [0.25, 0.3) is 0 Å². The molecule has 1 atom stereocenters. The van der Waals surface area contributed by atoms with E-state index in [1.165, 1.54) is 0 Å². The van der Waals surface area contributed by atoms with Gasteiger partial charge in [0.1, 0.15) is 6.04 Å². The molecule has 0 radical (unpaired) electrons. The van der Waals surface area contributed by atoms with E-state index in [2.05, 4.69) is 5.32 Å². The lowest BCUT2D eigenvalue weighted by atomic mass is 10.1. The van der Waals surface area contributed by atoms with Gasteiger partial charge in [-0.05, 0) is 6.42 Å². The predicted octanol–water partition coefficient (Wildman–Crippen LogP) is 1.01. The van der Waals surface area contributed by atoms with Crippen LogP contribution in [0.1, 0.15) is 33.6 Å². The fraction of sp³-hybridized carbons (Fsp3) is 0.778. The van der Waals surface area contributed by atoms with Crippen molar-refractivity contribution < 1.29 is 14.7 Å². The van der Waals surface area contributed by atoms with Gasteiger partial charge in [0.05, 0.1) is 0 Å². The molecule has 0 aromatic rings. The van der Waals surface area contributed by atoms with Crippen molar-refractivity contribution in [3.63, 3.8) is 0 Å². The summed E-state index contributed by atoms with van der Waals surface area (Å²) in [5, 5.41) is 11.2. The number of rotatable bonds is 5. The van der Waals surface area contributed by atoms with Crippen LogP contribution in [0.5, 0.6) is 0 Å². The summed E-state index contributed by atoms with van der Waals surface area (Å²) in [6.45, 7) is 5.36. The molecule has 0 saturated heterocycles. The van der Waals surface area contributed by atoms with Crippen LogP contribution in [0.25, 0.3) is 0 Å². The molecule has 4 heteroatoms. The second-order valence-electron chi connectivity index (χ2n) is 3.34. The zero-order chi connectivity index (χ0) is 10.4. The van der Waals surface area contributed by atoms with Gasteiger partial charge in [-0.3, -0.25) is 4.79 Å². The molecular weight excluding hydrogens is 170 g/mol. The molecule has 0 unspecified atom stereocenters. The molecule has 4 nitrogen and oxygen atoms in total. The Labute approximate surface area is 78.3 Å². The van der Waals surface area contributed by atoms with E-state index in [0.717, 1.165) is 6.42 Å². The van der Waals surface area contributed by atoms with Crippen LogP contribution in [0.3, 0.4) is 0 Å². The van der Waals surface area contributed by atoms with Crippen molar-refractivity contribution in [3.8, 4) is 0 Å². The minimum atomic E-state index is -0.962. The highest BCUT2D eigenvalue weighted by Gasteiger charge is 2.19. The van der Waals surface area contributed by atoms with Gasteiger partial charge in [-0.1, -0.05) is 27.2 Å². The molecule has 13 heavy (non-hydrogen) atoms. The van der Waals surface area contributed by atoms with Crippen LogP contribution < -0.4 is 5.32 Å². The molecule has 2 N–H and O–H groups in total. The molecule has 0 bridgehead atoms. The number of hydrogen-bond donors (Lipinski definition) is 2. The smallest absolute Gasteiger partial charge is 0.326 e. The Morgan fingerprint density at radius 3 is 2.23 bits per heavy atom. The SMILES string of the molecule is CCC[C@H](NC(=O)C(C)C)C(=O)O. The van der Waals surface area contributed by atoms with Crippen LogP contribution in [-0.4, -0.2) is 23.0 Å². The van der Waals surface area contributed by atoms with E-state index in [1.807, 2.05) is 6.92 Å². The van der Waals surface area contributed by atoms with Crippen molar-refractivity contribution in [2.75, 3.05) is 0 Å². The molecule has 1 amide bonds. The van der Waals surface area contributed by atoms with E-state index >= 15 is 0 Å². The minimum absolute atomic E-state index is 0.168. The summed E-state index contributed by atoms with van der Waals surface area (Å²) in [6, 6.07) is -0.736. The van der Waals surface area contributed by atoms with Crippen molar-refractivity contribution in [1.82, 2.24) is 5.32 Å². The molecule has 0 spiro atoms. The zero-order valence-electron chi connectivity index (χ0n) is 8.33. The Bertz CT molecular complexity index is 189. The average Bonchev–Trinajstić information content (AvgIpc) is 2.03. The van der Waals surface area contributed by atoms with E-state index in [-0.39, 0.29) is 11.8 Å². The number of carbonyl (C=O) groups excluding carboxylic acids is 1. The largest absolute Gasteiger partial charge is 0.480 e. The first-order valence-electron chi connectivity index (χ1n) is 4.52. The molecule has 0 saturated carbocycles. The lowest BCUT2D eigenvalue weighted by Gasteiger charge is -2.14. The Kier molecular flexibility index (Phi) is 5.11. The van der Waals surface area contributed by atoms with Crippen molar-refractivity contribution >= 4 is 11.9 Å². The van der Waals surface area contributed by atoms with Crippen LogP contribution in [0, 0.1) is 5.92 Å². The minimum Gasteiger partial charge on any atom is -0.480 e. The number of amides is 1. The van der Waals surface area contributed by atoms with Crippen LogP contribution in [0.2, 0.25) is 0 Å². The van der Waals surface area contributed by atoms with Gasteiger partial charge in [-0.2, -0.15) is 0 Å². The second kappa shape index (κ2) is 5.56. The van der Waals surface area contributed by atoms with E-state index in [9.17, 15) is 9.59 Å². The topological polar surface area (TPSA) is 66.4 Å². The van der Waals surface area contributed by atoms with E-state index in [1.54, 1.807) is 13.8 Å².